The number of aromatic hydroxyl groups is 5. The topological polar surface area (TPSA) is 175 Å². The Kier molecular flexibility index (Phi) is 5.66. The summed E-state index contributed by atoms with van der Waals surface area (Å²) in [4.78, 5) is 40.1. The Balaban J connectivity index is 1.64. The van der Waals surface area contributed by atoms with E-state index in [1.54, 1.807) is 36.4 Å². The van der Waals surface area contributed by atoms with Gasteiger partial charge in [-0.2, -0.15) is 0 Å². The summed E-state index contributed by atoms with van der Waals surface area (Å²) in [5.74, 6) is -5.31. The predicted molar refractivity (Wildman–Crippen MR) is 147 cm³/mol. The maximum absolute atomic E-state index is 13.6. The van der Waals surface area contributed by atoms with E-state index in [2.05, 4.69) is 0 Å². The monoisotopic (exact) mass is 554 g/mol. The van der Waals surface area contributed by atoms with Crippen LogP contribution in [0.25, 0.3) is 28.0 Å². The Morgan fingerprint density at radius 1 is 0.756 bits per heavy atom. The molecule has 41 heavy (non-hydrogen) atoms. The number of aryl methyl sites for hydroxylation is 1. The maximum atomic E-state index is 13.6. The van der Waals surface area contributed by atoms with Crippen LogP contribution in [0.3, 0.4) is 0 Å². The average Bonchev–Trinajstić information content (AvgIpc) is 2.93. The van der Waals surface area contributed by atoms with Crippen molar-refractivity contribution in [3.05, 3.63) is 86.0 Å². The molecule has 0 saturated carbocycles. The molecular weight excluding hydrogens is 532 g/mol. The van der Waals surface area contributed by atoms with Crippen molar-refractivity contribution >= 4 is 28.4 Å². The summed E-state index contributed by atoms with van der Waals surface area (Å²) < 4.78 is 10.3. The second-order valence-corrected chi connectivity index (χ2v) is 9.70. The van der Waals surface area contributed by atoms with Crippen LogP contribution in [0.5, 0.6) is 34.5 Å². The van der Waals surface area contributed by atoms with Gasteiger partial charge >= 0.3 is 5.63 Å². The van der Waals surface area contributed by atoms with Gasteiger partial charge in [0.1, 0.15) is 34.1 Å². The second kappa shape index (κ2) is 9.02. The first-order valence-electron chi connectivity index (χ1n) is 12.6. The van der Waals surface area contributed by atoms with Crippen LogP contribution in [0.2, 0.25) is 0 Å². The first-order chi connectivity index (χ1) is 19.6. The van der Waals surface area contributed by atoms with Crippen LogP contribution in [0, 0.1) is 0 Å². The number of phenolic OH excluding ortho intramolecular Hbond substituents is 5. The van der Waals surface area contributed by atoms with Gasteiger partial charge in [0.05, 0.1) is 29.4 Å². The number of carbonyl (C=O) groups is 2. The van der Waals surface area contributed by atoms with Gasteiger partial charge in [-0.05, 0) is 48.9 Å². The number of ketones is 2. The number of carbonyl (C=O) groups excluding carboxylic acids is 2. The van der Waals surface area contributed by atoms with E-state index in [1.807, 2.05) is 6.92 Å². The summed E-state index contributed by atoms with van der Waals surface area (Å²) in [6.07, 6.45) is 7.19. The number of fused-ring (bicyclic) bond motifs is 6. The van der Waals surface area contributed by atoms with Gasteiger partial charge in [-0.3, -0.25) is 9.59 Å². The fourth-order valence-electron chi connectivity index (χ4n) is 5.71. The number of benzene rings is 3. The molecule has 1 heterocycles. The summed E-state index contributed by atoms with van der Waals surface area (Å²) in [5, 5.41) is 55.5. The van der Waals surface area contributed by atoms with E-state index in [0.29, 0.717) is 10.9 Å². The molecule has 0 saturated heterocycles. The van der Waals surface area contributed by atoms with E-state index in [-0.39, 0.29) is 46.4 Å². The Morgan fingerprint density at radius 2 is 1.44 bits per heavy atom. The fourth-order valence-corrected chi connectivity index (χ4v) is 5.71. The molecule has 5 N–H and O–H groups in total. The summed E-state index contributed by atoms with van der Waals surface area (Å²) in [6, 6.07) is 4.19. The zero-order valence-electron chi connectivity index (χ0n) is 21.7. The molecule has 0 amide bonds. The summed E-state index contributed by atoms with van der Waals surface area (Å²) in [7, 11) is 1.19. The van der Waals surface area contributed by atoms with E-state index in [1.165, 1.54) is 7.11 Å². The molecule has 206 valence electrons. The lowest BCUT2D eigenvalue weighted by molar-refractivity contribution is 0.0968. The van der Waals surface area contributed by atoms with Crippen molar-refractivity contribution in [2.45, 2.75) is 19.8 Å². The zero-order valence-corrected chi connectivity index (χ0v) is 21.7. The summed E-state index contributed by atoms with van der Waals surface area (Å²) in [5.41, 5.74) is -2.69. The van der Waals surface area contributed by atoms with Crippen molar-refractivity contribution < 1.29 is 44.3 Å². The molecule has 2 aliphatic rings. The quantitative estimate of drug-likeness (QED) is 0.158. The minimum absolute atomic E-state index is 0.00621. The van der Waals surface area contributed by atoms with Crippen LogP contribution in [-0.4, -0.2) is 44.2 Å². The SMILES string of the molecule is CC=CC=Cc1cc2cc3c(c(O)c2c(=O)o1)-c1c(O)c2c(c(O)c1CC3)C(=O)c1c(O)c(OC)cc(O)c1C2=O. The highest BCUT2D eigenvalue weighted by Crippen LogP contribution is 2.55. The molecule has 10 heteroatoms. The van der Waals surface area contributed by atoms with Crippen molar-refractivity contribution in [3.8, 4) is 45.6 Å². The van der Waals surface area contributed by atoms with Crippen LogP contribution >= 0.6 is 0 Å². The Labute approximate surface area is 231 Å². The standard InChI is InChI=1S/C31H22O10/c1-3-4-5-6-14-10-13-9-12-7-8-15-20(18(12)27(35)19(13)31(39)41-14)28(36)24-23(25(15)33)30(38)22-21(29(24)37)16(32)11-17(40-2)26(22)34/h3-6,9-11,32-36H,7-8H2,1-2H3. The Hall–Kier alpha value is -5.51. The number of rotatable bonds is 3. The van der Waals surface area contributed by atoms with E-state index in [9.17, 15) is 39.9 Å². The molecule has 2 aliphatic carbocycles. The fraction of sp³-hybridized carbons (Fsp3) is 0.129. The van der Waals surface area contributed by atoms with E-state index in [0.717, 1.165) is 6.07 Å². The molecule has 3 aromatic carbocycles. The zero-order chi connectivity index (χ0) is 29.3. The maximum Gasteiger partial charge on any atom is 0.347 e. The molecule has 4 aromatic rings. The largest absolute Gasteiger partial charge is 0.507 e. The highest BCUT2D eigenvalue weighted by molar-refractivity contribution is 6.33. The smallest absolute Gasteiger partial charge is 0.347 e. The van der Waals surface area contributed by atoms with E-state index < -0.39 is 68.2 Å². The van der Waals surface area contributed by atoms with Gasteiger partial charge in [0.25, 0.3) is 0 Å². The summed E-state index contributed by atoms with van der Waals surface area (Å²) in [6.45, 7) is 1.83. The van der Waals surface area contributed by atoms with Gasteiger partial charge in [-0.15, -0.1) is 0 Å². The third kappa shape index (κ3) is 3.47. The second-order valence-electron chi connectivity index (χ2n) is 9.70. The molecule has 0 atom stereocenters. The number of allylic oxidation sites excluding steroid dienone is 3. The lowest BCUT2D eigenvalue weighted by atomic mass is 9.75. The number of hydrogen-bond acceptors (Lipinski definition) is 10. The van der Waals surface area contributed by atoms with Crippen LogP contribution in [0.15, 0.2) is 45.6 Å². The predicted octanol–water partition coefficient (Wildman–Crippen LogP) is 4.46. The Morgan fingerprint density at radius 3 is 2.15 bits per heavy atom. The lowest BCUT2D eigenvalue weighted by Crippen LogP contribution is -2.23. The summed E-state index contributed by atoms with van der Waals surface area (Å²) >= 11 is 0. The van der Waals surface area contributed by atoms with Crippen molar-refractivity contribution in [2.75, 3.05) is 7.11 Å². The minimum atomic E-state index is -1.04. The van der Waals surface area contributed by atoms with Gasteiger partial charge < -0.3 is 34.7 Å². The van der Waals surface area contributed by atoms with Gasteiger partial charge in [0.2, 0.25) is 11.6 Å². The molecule has 6 rings (SSSR count). The van der Waals surface area contributed by atoms with Crippen molar-refractivity contribution in [3.63, 3.8) is 0 Å². The molecule has 1 aromatic heterocycles. The third-order valence-electron chi connectivity index (χ3n) is 7.50. The van der Waals surface area contributed by atoms with Crippen molar-refractivity contribution in [1.82, 2.24) is 0 Å². The Bertz CT molecular complexity index is 1990. The van der Waals surface area contributed by atoms with E-state index >= 15 is 0 Å². The van der Waals surface area contributed by atoms with Crippen LogP contribution in [0.1, 0.15) is 55.7 Å². The molecule has 0 radical (unpaired) electrons. The van der Waals surface area contributed by atoms with Gasteiger partial charge in [0, 0.05) is 22.8 Å². The van der Waals surface area contributed by atoms with Gasteiger partial charge in [-0.1, -0.05) is 18.2 Å². The third-order valence-corrected chi connectivity index (χ3v) is 7.50. The average molecular weight is 555 g/mol. The number of methoxy groups -OCH3 is 1. The first-order valence-corrected chi connectivity index (χ1v) is 12.6. The van der Waals surface area contributed by atoms with Crippen LogP contribution in [-0.2, 0) is 12.8 Å². The molecule has 10 nitrogen and oxygen atoms in total. The molecule has 0 fully saturated rings. The molecule has 0 spiro atoms. The first kappa shape index (κ1) is 25.8. The molecular formula is C31H22O10. The lowest BCUT2D eigenvalue weighted by Gasteiger charge is -2.28. The number of hydrogen-bond donors (Lipinski definition) is 5. The van der Waals surface area contributed by atoms with Gasteiger partial charge in [-0.25, -0.2) is 4.79 Å². The van der Waals surface area contributed by atoms with Gasteiger partial charge in [0.15, 0.2) is 11.5 Å². The number of phenols is 5. The van der Waals surface area contributed by atoms with Crippen LogP contribution < -0.4 is 10.4 Å². The molecule has 0 aliphatic heterocycles. The van der Waals surface area contributed by atoms with Crippen LogP contribution in [0.4, 0.5) is 0 Å². The molecule has 0 unspecified atom stereocenters. The normalized spacial score (nSPS) is 13.9. The highest BCUT2D eigenvalue weighted by atomic mass is 16.5. The minimum Gasteiger partial charge on any atom is -0.507 e. The van der Waals surface area contributed by atoms with Crippen molar-refractivity contribution in [2.24, 2.45) is 0 Å². The van der Waals surface area contributed by atoms with E-state index in [4.69, 9.17) is 9.15 Å². The molecule has 0 bridgehead atoms. The van der Waals surface area contributed by atoms with Crippen molar-refractivity contribution in [1.29, 1.82) is 0 Å². The highest BCUT2D eigenvalue weighted by Gasteiger charge is 2.43. The number of ether oxygens (including phenoxy) is 1.